The predicted octanol–water partition coefficient (Wildman–Crippen LogP) is 0.728. The third-order valence-electron chi connectivity index (χ3n) is 1.88. The second-order valence-corrected chi connectivity index (χ2v) is 2.91. The summed E-state index contributed by atoms with van der Waals surface area (Å²) in [4.78, 5) is 14.5. The Labute approximate surface area is 78.5 Å². The van der Waals surface area contributed by atoms with Crippen LogP contribution in [0.2, 0.25) is 0 Å². The van der Waals surface area contributed by atoms with Crippen molar-refractivity contribution in [1.29, 1.82) is 0 Å². The van der Waals surface area contributed by atoms with Gasteiger partial charge in [0.1, 0.15) is 0 Å². The van der Waals surface area contributed by atoms with Crippen LogP contribution in [-0.2, 0) is 14.4 Å². The van der Waals surface area contributed by atoms with E-state index in [4.69, 9.17) is 4.74 Å². The molecule has 1 rings (SSSR count). The van der Waals surface area contributed by atoms with Gasteiger partial charge in [-0.1, -0.05) is 0 Å². The van der Waals surface area contributed by atoms with Gasteiger partial charge in [-0.05, 0) is 6.42 Å². The number of nitrogens with zero attached hydrogens (tertiary/aromatic N) is 1. The molecule has 0 aromatic heterocycles. The van der Waals surface area contributed by atoms with Gasteiger partial charge in [0.05, 0.1) is 12.6 Å². The molecule has 1 atom stereocenters. The first-order valence-corrected chi connectivity index (χ1v) is 4.00. The molecule has 4 nitrogen and oxygen atoms in total. The number of rotatable bonds is 2. The summed E-state index contributed by atoms with van der Waals surface area (Å²) in [5, 5.41) is 0.962. The fourth-order valence-corrected chi connectivity index (χ4v) is 1.14. The molecule has 0 amide bonds. The monoisotopic (exact) mass is 213 g/mol. The molecular formula is C7H10F3NO3. The summed E-state index contributed by atoms with van der Waals surface area (Å²) < 4.78 is 40.1. The second-order valence-electron chi connectivity index (χ2n) is 2.91. The summed E-state index contributed by atoms with van der Waals surface area (Å²) in [6.45, 7) is 0.443. The van der Waals surface area contributed by atoms with E-state index >= 15 is 0 Å². The van der Waals surface area contributed by atoms with Gasteiger partial charge in [0, 0.05) is 13.7 Å². The lowest BCUT2D eigenvalue weighted by atomic mass is 10.3. The van der Waals surface area contributed by atoms with Crippen LogP contribution in [0.1, 0.15) is 6.42 Å². The average Bonchev–Trinajstić information content (AvgIpc) is 2.50. The molecule has 0 spiro atoms. The molecule has 82 valence electrons. The molecule has 0 aromatic carbocycles. The van der Waals surface area contributed by atoms with Crippen LogP contribution in [-0.4, -0.2) is 43.5 Å². The zero-order valence-electron chi connectivity index (χ0n) is 7.50. The maximum Gasteiger partial charge on any atom is 0.492 e. The van der Waals surface area contributed by atoms with Gasteiger partial charge in [0.25, 0.3) is 0 Å². The third-order valence-corrected chi connectivity index (χ3v) is 1.88. The molecule has 1 heterocycles. The highest BCUT2D eigenvalue weighted by atomic mass is 19.4. The largest absolute Gasteiger partial charge is 0.492 e. The van der Waals surface area contributed by atoms with Crippen molar-refractivity contribution < 1.29 is 27.5 Å². The highest BCUT2D eigenvalue weighted by Gasteiger charge is 2.43. The summed E-state index contributed by atoms with van der Waals surface area (Å²) in [5.74, 6) is -2.19. The maximum atomic E-state index is 11.7. The van der Waals surface area contributed by atoms with Crippen LogP contribution in [0.25, 0.3) is 0 Å². The fraction of sp³-hybridized carbons (Fsp3) is 0.857. The normalized spacial score (nSPS) is 23.9. The minimum absolute atomic E-state index is 0.170. The molecule has 1 aliphatic heterocycles. The van der Waals surface area contributed by atoms with Crippen LogP contribution in [0.15, 0.2) is 0 Å². The van der Waals surface area contributed by atoms with E-state index < -0.39 is 12.1 Å². The van der Waals surface area contributed by atoms with Gasteiger partial charge in [-0.15, -0.1) is 5.06 Å². The van der Waals surface area contributed by atoms with Crippen molar-refractivity contribution in [2.45, 2.75) is 18.7 Å². The standard InChI is InChI=1S/C7H10F3NO3/c1-13-5-2-3-11(4-5)14-6(12)7(8,9)10/h5H,2-4H2,1H3/t5-/m0/s1. The van der Waals surface area contributed by atoms with Crippen molar-refractivity contribution in [2.75, 3.05) is 20.2 Å². The molecule has 1 fully saturated rings. The number of hydroxylamine groups is 2. The van der Waals surface area contributed by atoms with Gasteiger partial charge < -0.3 is 9.57 Å². The summed E-state index contributed by atoms with van der Waals surface area (Å²) in [6.07, 6.45) is -4.55. The second kappa shape index (κ2) is 4.14. The van der Waals surface area contributed by atoms with Gasteiger partial charge in [0.2, 0.25) is 0 Å². The first kappa shape index (κ1) is 11.3. The number of carbonyl (C=O) groups is 1. The molecule has 1 aliphatic rings. The molecule has 0 unspecified atom stereocenters. The minimum Gasteiger partial charge on any atom is -0.380 e. The highest BCUT2D eigenvalue weighted by molar-refractivity contribution is 5.75. The molecule has 0 radical (unpaired) electrons. The summed E-state index contributed by atoms with van der Waals surface area (Å²) in [7, 11) is 1.46. The van der Waals surface area contributed by atoms with Crippen LogP contribution in [0.3, 0.4) is 0 Å². The van der Waals surface area contributed by atoms with Crippen molar-refractivity contribution in [1.82, 2.24) is 5.06 Å². The quantitative estimate of drug-likeness (QED) is 0.677. The van der Waals surface area contributed by atoms with Gasteiger partial charge >= 0.3 is 12.1 Å². The van der Waals surface area contributed by atoms with E-state index in [9.17, 15) is 18.0 Å². The Balaban J connectivity index is 2.36. The van der Waals surface area contributed by atoms with E-state index in [0.717, 1.165) is 5.06 Å². The molecular weight excluding hydrogens is 203 g/mol. The molecule has 0 aromatic rings. The van der Waals surface area contributed by atoms with Gasteiger partial charge in [-0.25, -0.2) is 4.79 Å². The molecule has 0 bridgehead atoms. The van der Waals surface area contributed by atoms with Crippen molar-refractivity contribution >= 4 is 5.97 Å². The van der Waals surface area contributed by atoms with Crippen LogP contribution in [0.5, 0.6) is 0 Å². The zero-order valence-corrected chi connectivity index (χ0v) is 7.50. The van der Waals surface area contributed by atoms with E-state index in [1.807, 2.05) is 0 Å². The SMILES string of the molecule is CO[C@H]1CCN(OC(=O)C(F)(F)F)C1. The number of carbonyl (C=O) groups excluding carboxylic acids is 1. The molecule has 7 heteroatoms. The topological polar surface area (TPSA) is 38.8 Å². The lowest BCUT2D eigenvalue weighted by Crippen LogP contribution is -2.34. The number of hydrogen-bond acceptors (Lipinski definition) is 4. The Morgan fingerprint density at radius 3 is 2.57 bits per heavy atom. The summed E-state index contributed by atoms with van der Waals surface area (Å²) in [6, 6.07) is 0. The van der Waals surface area contributed by atoms with Crippen LogP contribution < -0.4 is 0 Å². The van der Waals surface area contributed by atoms with E-state index in [0.29, 0.717) is 6.42 Å². The highest BCUT2D eigenvalue weighted by Crippen LogP contribution is 2.19. The van der Waals surface area contributed by atoms with Crippen molar-refractivity contribution in [2.24, 2.45) is 0 Å². The first-order chi connectivity index (χ1) is 6.43. The smallest absolute Gasteiger partial charge is 0.380 e. The van der Waals surface area contributed by atoms with E-state index in [2.05, 4.69) is 4.84 Å². The lowest BCUT2D eigenvalue weighted by molar-refractivity contribution is -0.235. The number of methoxy groups -OCH3 is 1. The van der Waals surface area contributed by atoms with Crippen LogP contribution >= 0.6 is 0 Å². The van der Waals surface area contributed by atoms with Gasteiger partial charge in [-0.3, -0.25) is 0 Å². The Hall–Kier alpha value is -0.820. The van der Waals surface area contributed by atoms with Crippen LogP contribution in [0, 0.1) is 0 Å². The van der Waals surface area contributed by atoms with Crippen molar-refractivity contribution in [3.63, 3.8) is 0 Å². The first-order valence-electron chi connectivity index (χ1n) is 4.00. The fourth-order valence-electron chi connectivity index (χ4n) is 1.14. The number of halogens is 3. The lowest BCUT2D eigenvalue weighted by Gasteiger charge is -2.15. The van der Waals surface area contributed by atoms with Gasteiger partial charge in [0.15, 0.2) is 0 Å². The molecule has 1 saturated heterocycles. The Bertz CT molecular complexity index is 219. The number of hydrogen-bond donors (Lipinski definition) is 0. The Kier molecular flexibility index (Phi) is 3.33. The zero-order chi connectivity index (χ0) is 10.8. The molecule has 0 aliphatic carbocycles. The third kappa shape index (κ3) is 2.85. The van der Waals surface area contributed by atoms with Crippen molar-refractivity contribution in [3.05, 3.63) is 0 Å². The summed E-state index contributed by atoms with van der Waals surface area (Å²) >= 11 is 0. The average molecular weight is 213 g/mol. The molecule has 14 heavy (non-hydrogen) atoms. The minimum atomic E-state index is -4.94. The molecule has 0 N–H and O–H groups in total. The van der Waals surface area contributed by atoms with Crippen molar-refractivity contribution in [3.8, 4) is 0 Å². The van der Waals surface area contributed by atoms with E-state index in [1.54, 1.807) is 0 Å². The number of ether oxygens (including phenoxy) is 1. The van der Waals surface area contributed by atoms with E-state index in [1.165, 1.54) is 7.11 Å². The van der Waals surface area contributed by atoms with E-state index in [-0.39, 0.29) is 19.2 Å². The Morgan fingerprint density at radius 1 is 1.50 bits per heavy atom. The maximum absolute atomic E-state index is 11.7. The molecule has 0 saturated carbocycles. The summed E-state index contributed by atoms with van der Waals surface area (Å²) in [5.41, 5.74) is 0. The Morgan fingerprint density at radius 2 is 2.14 bits per heavy atom. The predicted molar refractivity (Wildman–Crippen MR) is 39.1 cm³/mol. The van der Waals surface area contributed by atoms with Crippen LogP contribution in [0.4, 0.5) is 13.2 Å². The number of alkyl halides is 3. The van der Waals surface area contributed by atoms with Gasteiger partial charge in [-0.2, -0.15) is 13.2 Å².